The van der Waals surface area contributed by atoms with Crippen molar-refractivity contribution in [3.05, 3.63) is 59.7 Å². The molecule has 1 amide bonds. The van der Waals surface area contributed by atoms with Crippen molar-refractivity contribution in [1.82, 2.24) is 0 Å². The van der Waals surface area contributed by atoms with Gasteiger partial charge in [0.2, 0.25) is 5.91 Å². The zero-order valence-electron chi connectivity index (χ0n) is 14.2. The lowest BCUT2D eigenvalue weighted by Crippen LogP contribution is -2.26. The maximum atomic E-state index is 12.4. The zero-order valence-corrected chi connectivity index (χ0v) is 14.2. The molecule has 0 atom stereocenters. The smallest absolute Gasteiger partial charge is 0.340 e. The van der Waals surface area contributed by atoms with Crippen LogP contribution in [0.25, 0.3) is 0 Å². The van der Waals surface area contributed by atoms with Gasteiger partial charge >= 0.3 is 5.97 Å². The molecule has 1 heterocycles. The van der Waals surface area contributed by atoms with Gasteiger partial charge in [0.05, 0.1) is 11.3 Å². The van der Waals surface area contributed by atoms with Crippen molar-refractivity contribution in [2.45, 2.75) is 19.8 Å². The largest absolute Gasteiger partial charge is 0.490 e. The molecule has 0 aliphatic carbocycles. The SMILES string of the molecule is Cc1ccc(OCCOC(=O)c2ccccc2N2CCCC2=O)cc1. The van der Waals surface area contributed by atoms with E-state index in [1.165, 1.54) is 0 Å². The van der Waals surface area contributed by atoms with Crippen molar-refractivity contribution in [3.8, 4) is 5.75 Å². The quantitative estimate of drug-likeness (QED) is 0.598. The number of ether oxygens (including phenoxy) is 2. The number of aryl methyl sites for hydroxylation is 1. The maximum absolute atomic E-state index is 12.4. The molecule has 0 saturated carbocycles. The first-order chi connectivity index (χ1) is 12.1. The number of benzene rings is 2. The fourth-order valence-electron chi connectivity index (χ4n) is 2.79. The summed E-state index contributed by atoms with van der Waals surface area (Å²) in [5.41, 5.74) is 2.19. The molecule has 1 aliphatic heterocycles. The van der Waals surface area contributed by atoms with Gasteiger partial charge in [-0.15, -0.1) is 0 Å². The van der Waals surface area contributed by atoms with Crippen LogP contribution in [-0.2, 0) is 9.53 Å². The van der Waals surface area contributed by atoms with E-state index in [2.05, 4.69) is 0 Å². The van der Waals surface area contributed by atoms with Crippen LogP contribution in [0.4, 0.5) is 5.69 Å². The molecule has 2 aromatic carbocycles. The first-order valence-corrected chi connectivity index (χ1v) is 8.41. The number of nitrogens with zero attached hydrogens (tertiary/aromatic N) is 1. The van der Waals surface area contributed by atoms with Crippen LogP contribution in [-0.4, -0.2) is 31.6 Å². The molecule has 5 heteroatoms. The summed E-state index contributed by atoms with van der Waals surface area (Å²) in [5.74, 6) is 0.343. The monoisotopic (exact) mass is 339 g/mol. The van der Waals surface area contributed by atoms with E-state index in [9.17, 15) is 9.59 Å². The van der Waals surface area contributed by atoms with Gasteiger partial charge in [0.15, 0.2) is 0 Å². The number of hydrogen-bond acceptors (Lipinski definition) is 4. The minimum atomic E-state index is -0.442. The summed E-state index contributed by atoms with van der Waals surface area (Å²) in [6.07, 6.45) is 1.33. The lowest BCUT2D eigenvalue weighted by molar-refractivity contribution is -0.117. The van der Waals surface area contributed by atoms with Crippen molar-refractivity contribution in [3.63, 3.8) is 0 Å². The van der Waals surface area contributed by atoms with E-state index < -0.39 is 5.97 Å². The van der Waals surface area contributed by atoms with E-state index in [4.69, 9.17) is 9.47 Å². The molecule has 0 radical (unpaired) electrons. The van der Waals surface area contributed by atoms with Crippen molar-refractivity contribution < 1.29 is 19.1 Å². The molecule has 0 spiro atoms. The Labute approximate surface area is 147 Å². The summed E-state index contributed by atoms with van der Waals surface area (Å²) in [7, 11) is 0. The molecule has 130 valence electrons. The second kappa shape index (κ2) is 7.83. The molecule has 1 fully saturated rings. The molecule has 1 saturated heterocycles. The predicted octanol–water partition coefficient (Wildman–Crippen LogP) is 3.36. The number of carbonyl (C=O) groups excluding carboxylic acids is 2. The Kier molecular flexibility index (Phi) is 5.33. The molecule has 25 heavy (non-hydrogen) atoms. The van der Waals surface area contributed by atoms with Gasteiger partial charge in [-0.3, -0.25) is 4.79 Å². The standard InChI is InChI=1S/C20H21NO4/c1-15-8-10-16(11-9-15)24-13-14-25-20(23)17-5-2-3-6-18(17)21-12-4-7-19(21)22/h2-3,5-6,8-11H,4,7,12-14H2,1H3. The van der Waals surface area contributed by atoms with Gasteiger partial charge in [0.1, 0.15) is 19.0 Å². The summed E-state index contributed by atoms with van der Waals surface area (Å²) < 4.78 is 10.9. The highest BCUT2D eigenvalue weighted by Gasteiger charge is 2.26. The van der Waals surface area contributed by atoms with Crippen molar-refractivity contribution >= 4 is 17.6 Å². The van der Waals surface area contributed by atoms with Crippen molar-refractivity contribution in [1.29, 1.82) is 0 Å². The Morgan fingerprint density at radius 2 is 1.84 bits per heavy atom. The summed E-state index contributed by atoms with van der Waals surface area (Å²) in [6, 6.07) is 14.7. The summed E-state index contributed by atoms with van der Waals surface area (Å²) in [4.78, 5) is 26.0. The second-order valence-corrected chi connectivity index (χ2v) is 5.96. The molecular weight excluding hydrogens is 318 g/mol. The van der Waals surface area contributed by atoms with E-state index >= 15 is 0 Å². The number of hydrogen-bond donors (Lipinski definition) is 0. The van der Waals surface area contributed by atoms with Crippen LogP contribution in [0.3, 0.4) is 0 Å². The first-order valence-electron chi connectivity index (χ1n) is 8.41. The van der Waals surface area contributed by atoms with Crippen molar-refractivity contribution in [2.24, 2.45) is 0 Å². The Bertz CT molecular complexity index is 755. The van der Waals surface area contributed by atoms with Crippen molar-refractivity contribution in [2.75, 3.05) is 24.7 Å². The number of anilines is 1. The van der Waals surface area contributed by atoms with Gasteiger partial charge in [-0.05, 0) is 37.6 Å². The molecule has 0 unspecified atom stereocenters. The minimum Gasteiger partial charge on any atom is -0.490 e. The molecular formula is C20H21NO4. The molecule has 5 nitrogen and oxygen atoms in total. The summed E-state index contributed by atoms with van der Waals surface area (Å²) in [5, 5.41) is 0. The summed E-state index contributed by atoms with van der Waals surface area (Å²) >= 11 is 0. The van der Waals surface area contributed by atoms with Gasteiger partial charge in [0.25, 0.3) is 0 Å². The third-order valence-corrected chi connectivity index (χ3v) is 4.09. The van der Waals surface area contributed by atoms with Crippen LogP contribution in [0.5, 0.6) is 5.75 Å². The highest BCUT2D eigenvalue weighted by Crippen LogP contribution is 2.26. The average molecular weight is 339 g/mol. The third-order valence-electron chi connectivity index (χ3n) is 4.09. The Morgan fingerprint density at radius 1 is 1.08 bits per heavy atom. The fraction of sp³-hybridized carbons (Fsp3) is 0.300. The normalized spacial score (nSPS) is 13.8. The fourth-order valence-corrected chi connectivity index (χ4v) is 2.79. The van der Waals surface area contributed by atoms with E-state index in [0.717, 1.165) is 17.7 Å². The van der Waals surface area contributed by atoms with Gasteiger partial charge in [-0.25, -0.2) is 4.79 Å². The molecule has 0 aromatic heterocycles. The van der Waals surface area contributed by atoms with Crippen LogP contribution in [0.2, 0.25) is 0 Å². The van der Waals surface area contributed by atoms with Crippen LogP contribution >= 0.6 is 0 Å². The maximum Gasteiger partial charge on any atom is 0.340 e. The van der Waals surface area contributed by atoms with Gasteiger partial charge < -0.3 is 14.4 Å². The number of rotatable bonds is 6. The first kappa shape index (κ1) is 17.0. The van der Waals surface area contributed by atoms with E-state index in [0.29, 0.717) is 24.2 Å². The topological polar surface area (TPSA) is 55.8 Å². The predicted molar refractivity (Wildman–Crippen MR) is 95.0 cm³/mol. The zero-order chi connectivity index (χ0) is 17.6. The Balaban J connectivity index is 1.56. The van der Waals surface area contributed by atoms with E-state index in [1.807, 2.05) is 37.3 Å². The van der Waals surface area contributed by atoms with Crippen LogP contribution in [0.15, 0.2) is 48.5 Å². The van der Waals surface area contributed by atoms with Gasteiger partial charge in [0, 0.05) is 13.0 Å². The van der Waals surface area contributed by atoms with Gasteiger partial charge in [-0.1, -0.05) is 29.8 Å². The highest BCUT2D eigenvalue weighted by atomic mass is 16.6. The number of carbonyl (C=O) groups is 2. The highest BCUT2D eigenvalue weighted by molar-refractivity contribution is 6.03. The second-order valence-electron chi connectivity index (χ2n) is 5.96. The molecule has 0 N–H and O–H groups in total. The van der Waals surface area contributed by atoms with Crippen LogP contribution in [0, 0.1) is 6.92 Å². The summed E-state index contributed by atoms with van der Waals surface area (Å²) in [6.45, 7) is 3.07. The van der Waals surface area contributed by atoms with Crippen LogP contribution in [0.1, 0.15) is 28.8 Å². The van der Waals surface area contributed by atoms with Crippen LogP contribution < -0.4 is 9.64 Å². The number of esters is 1. The van der Waals surface area contributed by atoms with Gasteiger partial charge in [-0.2, -0.15) is 0 Å². The minimum absolute atomic E-state index is 0.0444. The third kappa shape index (κ3) is 4.18. The molecule has 1 aliphatic rings. The Hall–Kier alpha value is -2.82. The van der Waals surface area contributed by atoms with E-state index in [-0.39, 0.29) is 19.1 Å². The Morgan fingerprint density at radius 3 is 2.56 bits per heavy atom. The number of para-hydroxylation sites is 1. The number of amides is 1. The molecule has 2 aromatic rings. The molecule has 0 bridgehead atoms. The lowest BCUT2D eigenvalue weighted by Gasteiger charge is -2.18. The van der Waals surface area contributed by atoms with E-state index in [1.54, 1.807) is 23.1 Å². The average Bonchev–Trinajstić information content (AvgIpc) is 3.06. The molecule has 3 rings (SSSR count). The lowest BCUT2D eigenvalue weighted by atomic mass is 10.1.